The molecule has 13 heteroatoms. The summed E-state index contributed by atoms with van der Waals surface area (Å²) >= 11 is 2.57. The first-order chi connectivity index (χ1) is 17.0. The maximum absolute atomic E-state index is 12.7. The summed E-state index contributed by atoms with van der Waals surface area (Å²) in [5, 5.41) is 2.81. The summed E-state index contributed by atoms with van der Waals surface area (Å²) in [4.78, 5) is 16.5. The Bertz CT molecular complexity index is 1490. The van der Waals surface area contributed by atoms with Crippen LogP contribution in [0.4, 0.5) is 24.5 Å². The van der Waals surface area contributed by atoms with E-state index in [4.69, 9.17) is 0 Å². The minimum absolute atomic E-state index is 0.154. The largest absolute Gasteiger partial charge is 0.573 e. The summed E-state index contributed by atoms with van der Waals surface area (Å²) < 4.78 is 69.7. The van der Waals surface area contributed by atoms with Crippen LogP contribution in [0, 0.1) is 6.92 Å². The number of thiazole rings is 1. The number of nitrogens with zero attached hydrogens (tertiary/aromatic N) is 1. The highest BCUT2D eigenvalue weighted by Gasteiger charge is 2.31. The molecule has 2 N–H and O–H groups in total. The molecule has 1 aromatic heterocycles. The van der Waals surface area contributed by atoms with E-state index in [0.29, 0.717) is 20.2 Å². The number of carbonyl (C=O) groups excluding carboxylic acids is 1. The van der Waals surface area contributed by atoms with Gasteiger partial charge in [0.25, 0.3) is 10.0 Å². The van der Waals surface area contributed by atoms with Crippen molar-refractivity contribution in [3.63, 3.8) is 0 Å². The van der Waals surface area contributed by atoms with E-state index in [9.17, 15) is 26.4 Å². The van der Waals surface area contributed by atoms with Crippen LogP contribution in [0.25, 0.3) is 10.2 Å². The monoisotopic (exact) mass is 553 g/mol. The predicted octanol–water partition coefficient (Wildman–Crippen LogP) is 6.03. The van der Waals surface area contributed by atoms with E-state index in [1.54, 1.807) is 12.1 Å². The number of aromatic nitrogens is 1. The number of alkyl halides is 3. The summed E-state index contributed by atoms with van der Waals surface area (Å²) in [6.45, 7) is 1.96. The highest BCUT2D eigenvalue weighted by molar-refractivity contribution is 8.01. The lowest BCUT2D eigenvalue weighted by Gasteiger charge is -2.10. The van der Waals surface area contributed by atoms with E-state index in [0.717, 1.165) is 29.8 Å². The van der Waals surface area contributed by atoms with Crippen LogP contribution in [0.3, 0.4) is 0 Å². The Hall–Kier alpha value is -3.29. The van der Waals surface area contributed by atoms with Gasteiger partial charge in [0.15, 0.2) is 4.34 Å². The zero-order chi connectivity index (χ0) is 25.9. The van der Waals surface area contributed by atoms with Crippen LogP contribution >= 0.6 is 23.1 Å². The van der Waals surface area contributed by atoms with Gasteiger partial charge in [-0.2, -0.15) is 0 Å². The lowest BCUT2D eigenvalue weighted by atomic mass is 10.2. The number of halogens is 3. The van der Waals surface area contributed by atoms with Gasteiger partial charge >= 0.3 is 6.36 Å². The van der Waals surface area contributed by atoms with Gasteiger partial charge in [0.2, 0.25) is 5.91 Å². The molecule has 0 saturated heterocycles. The summed E-state index contributed by atoms with van der Waals surface area (Å²) in [5.41, 5.74) is 2.69. The van der Waals surface area contributed by atoms with Gasteiger partial charge in [-0.1, -0.05) is 29.5 Å². The molecule has 0 atom stereocenters. The molecule has 36 heavy (non-hydrogen) atoms. The number of aryl methyl sites for hydroxylation is 1. The number of fused-ring (bicyclic) bond motifs is 1. The van der Waals surface area contributed by atoms with E-state index in [1.165, 1.54) is 29.2 Å². The lowest BCUT2D eigenvalue weighted by Crippen LogP contribution is -2.17. The topological polar surface area (TPSA) is 97.4 Å². The van der Waals surface area contributed by atoms with Crippen molar-refractivity contribution in [3.05, 3.63) is 72.3 Å². The second-order valence-electron chi connectivity index (χ2n) is 7.49. The van der Waals surface area contributed by atoms with E-state index in [2.05, 4.69) is 19.8 Å². The summed E-state index contributed by atoms with van der Waals surface area (Å²) in [6, 6.07) is 16.1. The van der Waals surface area contributed by atoms with Gasteiger partial charge in [0.05, 0.1) is 26.6 Å². The van der Waals surface area contributed by atoms with Gasteiger partial charge in [0, 0.05) is 5.69 Å². The standard InChI is InChI=1S/C23H18F3N3O4S3/c1-14-2-4-15(5-3-14)27-21(30)13-34-22-28-19-11-6-16(12-20(19)35-22)29-36(31,32)18-9-7-17(8-10-18)33-23(24,25)26/h2-12,29H,13H2,1H3,(H,27,30). The molecule has 0 radical (unpaired) electrons. The van der Waals surface area contributed by atoms with Crippen molar-refractivity contribution in [2.24, 2.45) is 0 Å². The smallest absolute Gasteiger partial charge is 0.406 e. The molecule has 0 fully saturated rings. The third kappa shape index (κ3) is 6.89. The van der Waals surface area contributed by atoms with Crippen molar-refractivity contribution >= 4 is 60.6 Å². The first kappa shape index (κ1) is 25.8. The van der Waals surface area contributed by atoms with Gasteiger partial charge < -0.3 is 10.1 Å². The van der Waals surface area contributed by atoms with Crippen LogP contribution in [-0.4, -0.2) is 31.4 Å². The Labute approximate surface area is 212 Å². The number of thioether (sulfide) groups is 1. The van der Waals surface area contributed by atoms with Crippen molar-refractivity contribution in [1.29, 1.82) is 0 Å². The maximum Gasteiger partial charge on any atom is 0.573 e. The van der Waals surface area contributed by atoms with Crippen LogP contribution in [0.5, 0.6) is 5.75 Å². The van der Waals surface area contributed by atoms with Gasteiger partial charge in [0.1, 0.15) is 5.75 Å². The molecule has 3 aromatic carbocycles. The molecule has 0 aliphatic rings. The van der Waals surface area contributed by atoms with E-state index < -0.39 is 22.1 Å². The Morgan fingerprint density at radius 2 is 1.69 bits per heavy atom. The maximum atomic E-state index is 12.7. The SMILES string of the molecule is Cc1ccc(NC(=O)CSc2nc3ccc(NS(=O)(=O)c4ccc(OC(F)(F)F)cc4)cc3s2)cc1. The van der Waals surface area contributed by atoms with Gasteiger partial charge in [-0.3, -0.25) is 9.52 Å². The highest BCUT2D eigenvalue weighted by Crippen LogP contribution is 2.32. The number of nitrogens with one attached hydrogen (secondary N) is 2. The second-order valence-corrected chi connectivity index (χ2v) is 11.4. The minimum Gasteiger partial charge on any atom is -0.406 e. The quantitative estimate of drug-likeness (QED) is 0.259. The minimum atomic E-state index is -4.87. The fourth-order valence-corrected chi connectivity index (χ4v) is 5.98. The summed E-state index contributed by atoms with van der Waals surface area (Å²) in [5.74, 6) is -0.547. The van der Waals surface area contributed by atoms with Crippen LogP contribution < -0.4 is 14.8 Å². The summed E-state index contributed by atoms with van der Waals surface area (Å²) in [7, 11) is -4.05. The molecule has 0 saturated carbocycles. The lowest BCUT2D eigenvalue weighted by molar-refractivity contribution is -0.274. The van der Waals surface area contributed by atoms with E-state index in [-0.39, 0.29) is 22.2 Å². The molecule has 1 amide bonds. The van der Waals surface area contributed by atoms with Crippen molar-refractivity contribution < 1.29 is 31.1 Å². The molecule has 0 aliphatic carbocycles. The number of sulfonamides is 1. The number of hydrogen-bond acceptors (Lipinski definition) is 7. The molecule has 4 aromatic rings. The Morgan fingerprint density at radius 1 is 1.03 bits per heavy atom. The average molecular weight is 554 g/mol. The molecule has 7 nitrogen and oxygen atoms in total. The zero-order valence-electron chi connectivity index (χ0n) is 18.5. The van der Waals surface area contributed by atoms with Gasteiger partial charge in [-0.15, -0.1) is 24.5 Å². The van der Waals surface area contributed by atoms with E-state index >= 15 is 0 Å². The average Bonchev–Trinajstić information content (AvgIpc) is 3.20. The van der Waals surface area contributed by atoms with Crippen LogP contribution in [0.15, 0.2) is 76.0 Å². The Kier molecular flexibility index (Phi) is 7.43. The zero-order valence-corrected chi connectivity index (χ0v) is 20.9. The molecule has 188 valence electrons. The van der Waals surface area contributed by atoms with Crippen molar-refractivity contribution in [2.75, 3.05) is 15.8 Å². The number of benzene rings is 3. The van der Waals surface area contributed by atoms with Crippen molar-refractivity contribution in [2.45, 2.75) is 22.5 Å². The molecule has 0 aliphatic heterocycles. The Morgan fingerprint density at radius 3 is 2.36 bits per heavy atom. The van der Waals surface area contributed by atoms with E-state index in [1.807, 2.05) is 31.2 Å². The third-order valence-electron chi connectivity index (χ3n) is 4.65. The Balaban J connectivity index is 1.39. The summed E-state index contributed by atoms with van der Waals surface area (Å²) in [6.07, 6.45) is -4.87. The van der Waals surface area contributed by atoms with Crippen LogP contribution in [0.1, 0.15) is 5.56 Å². The number of rotatable bonds is 8. The number of carbonyl (C=O) groups is 1. The molecule has 4 rings (SSSR count). The molecular weight excluding hydrogens is 535 g/mol. The second kappa shape index (κ2) is 10.4. The van der Waals surface area contributed by atoms with Crippen molar-refractivity contribution in [3.8, 4) is 5.75 Å². The molecule has 0 bridgehead atoms. The van der Waals surface area contributed by atoms with Crippen LogP contribution in [-0.2, 0) is 14.8 Å². The molecule has 1 heterocycles. The third-order valence-corrected chi connectivity index (χ3v) is 8.21. The first-order valence-corrected chi connectivity index (χ1v) is 13.5. The number of anilines is 2. The fourth-order valence-electron chi connectivity index (χ4n) is 3.02. The first-order valence-electron chi connectivity index (χ1n) is 10.3. The number of hydrogen-bond donors (Lipinski definition) is 2. The van der Waals surface area contributed by atoms with Gasteiger partial charge in [-0.25, -0.2) is 13.4 Å². The molecular formula is C23H18F3N3O4S3. The fraction of sp³-hybridized carbons (Fsp3) is 0.130. The molecule has 0 spiro atoms. The normalized spacial score (nSPS) is 11.9. The van der Waals surface area contributed by atoms with Crippen molar-refractivity contribution in [1.82, 2.24) is 4.98 Å². The van der Waals surface area contributed by atoms with Gasteiger partial charge in [-0.05, 0) is 61.5 Å². The van der Waals surface area contributed by atoms with Crippen LogP contribution in [0.2, 0.25) is 0 Å². The molecule has 0 unspecified atom stereocenters. The predicted molar refractivity (Wildman–Crippen MR) is 134 cm³/mol. The highest BCUT2D eigenvalue weighted by atomic mass is 32.2. The number of amides is 1. The number of ether oxygens (including phenoxy) is 1.